The van der Waals surface area contributed by atoms with E-state index in [-0.39, 0.29) is 17.9 Å². The van der Waals surface area contributed by atoms with Crippen LogP contribution in [-0.2, 0) is 4.79 Å². The Labute approximate surface area is 225 Å². The average molecular weight is 529 g/mol. The SMILES string of the molecule is C=CC(=O)Nc1cc(Nc2ncc3cncc(-c4cncc(F)c4)c3n2)c(OC)cc1N(C)C1CCN(C)C1. The minimum Gasteiger partial charge on any atom is -0.494 e. The van der Waals surface area contributed by atoms with Crippen LogP contribution in [0.1, 0.15) is 6.42 Å². The Hall–Kier alpha value is -4.64. The third-order valence-electron chi connectivity index (χ3n) is 6.81. The molecule has 11 heteroatoms. The molecule has 3 aromatic heterocycles. The molecule has 10 nitrogen and oxygen atoms in total. The monoisotopic (exact) mass is 528 g/mol. The van der Waals surface area contributed by atoms with Crippen LogP contribution < -0.4 is 20.3 Å². The van der Waals surface area contributed by atoms with Crippen LogP contribution in [0, 0.1) is 5.82 Å². The first-order chi connectivity index (χ1) is 18.9. The number of ether oxygens (including phenoxy) is 1. The summed E-state index contributed by atoms with van der Waals surface area (Å²) < 4.78 is 19.6. The van der Waals surface area contributed by atoms with E-state index in [0.29, 0.717) is 39.2 Å². The molecule has 0 aliphatic carbocycles. The molecule has 0 spiro atoms. The number of carbonyl (C=O) groups excluding carboxylic acids is 1. The predicted molar refractivity (Wildman–Crippen MR) is 150 cm³/mol. The lowest BCUT2D eigenvalue weighted by atomic mass is 10.1. The molecule has 1 atom stereocenters. The molecular weight excluding hydrogens is 499 g/mol. The predicted octanol–water partition coefficient (Wildman–Crippen LogP) is 4.24. The van der Waals surface area contributed by atoms with Gasteiger partial charge in [0.15, 0.2) is 0 Å². The number of likely N-dealkylation sites (tertiary alicyclic amines) is 1. The van der Waals surface area contributed by atoms with Crippen LogP contribution in [0.2, 0.25) is 0 Å². The van der Waals surface area contributed by atoms with Gasteiger partial charge >= 0.3 is 0 Å². The Balaban J connectivity index is 1.54. The molecular formula is C28H29FN8O2. The number of pyridine rings is 2. The van der Waals surface area contributed by atoms with Crippen LogP contribution in [0.25, 0.3) is 22.0 Å². The number of hydrogen-bond donors (Lipinski definition) is 2. The van der Waals surface area contributed by atoms with Crippen molar-refractivity contribution in [2.45, 2.75) is 12.5 Å². The molecule has 1 aliphatic rings. The van der Waals surface area contributed by atoms with Crippen molar-refractivity contribution in [2.24, 2.45) is 0 Å². The molecule has 0 radical (unpaired) electrons. The summed E-state index contributed by atoms with van der Waals surface area (Å²) in [5.41, 5.74) is 3.72. The van der Waals surface area contributed by atoms with E-state index in [1.54, 1.807) is 38.0 Å². The van der Waals surface area contributed by atoms with Gasteiger partial charge in [-0.2, -0.15) is 0 Å². The summed E-state index contributed by atoms with van der Waals surface area (Å²) in [5, 5.41) is 6.83. The lowest BCUT2D eigenvalue weighted by Gasteiger charge is -2.29. The van der Waals surface area contributed by atoms with Gasteiger partial charge in [0.2, 0.25) is 11.9 Å². The van der Waals surface area contributed by atoms with Crippen LogP contribution in [0.5, 0.6) is 5.75 Å². The molecule has 1 unspecified atom stereocenters. The maximum absolute atomic E-state index is 13.9. The van der Waals surface area contributed by atoms with E-state index in [1.165, 1.54) is 12.1 Å². The molecule has 5 rings (SSSR count). The second-order valence-corrected chi connectivity index (χ2v) is 9.41. The van der Waals surface area contributed by atoms with Crippen LogP contribution in [0.3, 0.4) is 0 Å². The van der Waals surface area contributed by atoms with Gasteiger partial charge in [0.25, 0.3) is 0 Å². The maximum Gasteiger partial charge on any atom is 0.247 e. The molecule has 200 valence electrons. The van der Waals surface area contributed by atoms with Gasteiger partial charge in [0, 0.05) is 67.0 Å². The fraction of sp³-hybridized carbons (Fsp3) is 0.250. The van der Waals surface area contributed by atoms with Crippen molar-refractivity contribution < 1.29 is 13.9 Å². The molecule has 0 bridgehead atoms. The molecule has 1 saturated heterocycles. The Morgan fingerprint density at radius 2 is 2.00 bits per heavy atom. The van der Waals surface area contributed by atoms with Crippen molar-refractivity contribution in [2.75, 3.05) is 49.8 Å². The van der Waals surface area contributed by atoms with Crippen LogP contribution in [0.4, 0.5) is 27.4 Å². The lowest BCUT2D eigenvalue weighted by molar-refractivity contribution is -0.111. The summed E-state index contributed by atoms with van der Waals surface area (Å²) in [6, 6.07) is 5.34. The first-order valence-electron chi connectivity index (χ1n) is 12.4. The zero-order valence-electron chi connectivity index (χ0n) is 22.0. The number of aromatic nitrogens is 4. The Morgan fingerprint density at radius 3 is 2.72 bits per heavy atom. The Morgan fingerprint density at radius 1 is 1.18 bits per heavy atom. The number of fused-ring (bicyclic) bond motifs is 1. The molecule has 4 aromatic rings. The summed E-state index contributed by atoms with van der Waals surface area (Å²) >= 11 is 0. The van der Waals surface area contributed by atoms with Gasteiger partial charge in [-0.05, 0) is 38.2 Å². The topological polar surface area (TPSA) is 108 Å². The van der Waals surface area contributed by atoms with Crippen molar-refractivity contribution in [1.29, 1.82) is 0 Å². The number of carbonyl (C=O) groups is 1. The van der Waals surface area contributed by atoms with Gasteiger partial charge in [-0.25, -0.2) is 14.4 Å². The number of nitrogens with one attached hydrogen (secondary N) is 2. The van der Waals surface area contributed by atoms with Gasteiger partial charge in [-0.15, -0.1) is 0 Å². The number of rotatable bonds is 8. The van der Waals surface area contributed by atoms with Crippen LogP contribution in [-0.4, -0.2) is 71.1 Å². The summed E-state index contributed by atoms with van der Waals surface area (Å²) in [4.78, 5) is 34.1. The highest BCUT2D eigenvalue weighted by Crippen LogP contribution is 2.39. The van der Waals surface area contributed by atoms with E-state index < -0.39 is 5.82 Å². The molecule has 1 aromatic carbocycles. The van der Waals surface area contributed by atoms with Gasteiger partial charge in [0.05, 0.1) is 35.9 Å². The summed E-state index contributed by atoms with van der Waals surface area (Å²) in [6.07, 6.45) is 9.84. The fourth-order valence-corrected chi connectivity index (χ4v) is 4.74. The molecule has 1 fully saturated rings. The van der Waals surface area contributed by atoms with E-state index in [2.05, 4.69) is 49.0 Å². The highest BCUT2D eigenvalue weighted by molar-refractivity contribution is 6.02. The number of hydrogen-bond acceptors (Lipinski definition) is 9. The smallest absolute Gasteiger partial charge is 0.247 e. The number of halogens is 1. The third-order valence-corrected chi connectivity index (χ3v) is 6.81. The van der Waals surface area contributed by atoms with Gasteiger partial charge in [-0.3, -0.25) is 14.8 Å². The van der Waals surface area contributed by atoms with Gasteiger partial charge in [0.1, 0.15) is 11.6 Å². The van der Waals surface area contributed by atoms with Crippen LogP contribution in [0.15, 0.2) is 61.8 Å². The zero-order valence-corrected chi connectivity index (χ0v) is 22.0. The summed E-state index contributed by atoms with van der Waals surface area (Å²) in [6.45, 7) is 5.50. The average Bonchev–Trinajstić information content (AvgIpc) is 3.38. The maximum atomic E-state index is 13.9. The Bertz CT molecular complexity index is 1550. The van der Waals surface area contributed by atoms with Crippen molar-refractivity contribution in [3.05, 3.63) is 67.7 Å². The quantitative estimate of drug-likeness (QED) is 0.325. The largest absolute Gasteiger partial charge is 0.494 e. The molecule has 1 aliphatic heterocycles. The van der Waals surface area contributed by atoms with Gasteiger partial charge < -0.3 is 25.2 Å². The zero-order chi connectivity index (χ0) is 27.5. The fourth-order valence-electron chi connectivity index (χ4n) is 4.74. The first-order valence-corrected chi connectivity index (χ1v) is 12.4. The second kappa shape index (κ2) is 11.0. The van der Waals surface area contributed by atoms with Gasteiger partial charge in [-0.1, -0.05) is 6.58 Å². The second-order valence-electron chi connectivity index (χ2n) is 9.41. The number of benzene rings is 1. The van der Waals surface area contributed by atoms with Crippen LogP contribution >= 0.6 is 0 Å². The van der Waals surface area contributed by atoms with Crippen molar-refractivity contribution in [3.63, 3.8) is 0 Å². The highest BCUT2D eigenvalue weighted by atomic mass is 19.1. The summed E-state index contributed by atoms with van der Waals surface area (Å²) in [5.74, 6) is 0.0575. The van der Waals surface area contributed by atoms with E-state index >= 15 is 0 Å². The molecule has 0 saturated carbocycles. The summed E-state index contributed by atoms with van der Waals surface area (Å²) in [7, 11) is 5.69. The van der Waals surface area contributed by atoms with Crippen molar-refractivity contribution in [1.82, 2.24) is 24.8 Å². The number of anilines is 4. The highest BCUT2D eigenvalue weighted by Gasteiger charge is 2.26. The van der Waals surface area contributed by atoms with E-state index in [4.69, 9.17) is 9.72 Å². The normalized spacial score (nSPS) is 15.2. The number of nitrogens with zero attached hydrogens (tertiary/aromatic N) is 6. The standard InChI is InChI=1S/C28H29FN8O2/c1-5-26(38)33-22-9-23(25(39-4)10-24(22)37(3)20-6-7-36(2)16-20)34-28-32-13-18-12-31-15-21(27(18)35-28)17-8-19(29)14-30-11-17/h5,8-15,20H,1,6-7,16H2,2-4H3,(H,33,38)(H,32,34,35). The third kappa shape index (κ3) is 5.48. The van der Waals surface area contributed by atoms with Crippen molar-refractivity contribution >= 4 is 39.8 Å². The van der Waals surface area contributed by atoms with E-state index in [9.17, 15) is 9.18 Å². The molecule has 39 heavy (non-hydrogen) atoms. The first kappa shape index (κ1) is 26.0. The Kier molecular flexibility index (Phi) is 7.33. The van der Waals surface area contributed by atoms with E-state index in [1.807, 2.05) is 13.1 Å². The number of methoxy groups -OCH3 is 1. The lowest BCUT2D eigenvalue weighted by Crippen LogP contribution is -2.34. The minimum absolute atomic E-state index is 0.283. The number of amides is 1. The molecule has 1 amide bonds. The van der Waals surface area contributed by atoms with Crippen molar-refractivity contribution in [3.8, 4) is 16.9 Å². The number of likely N-dealkylation sites (N-methyl/N-ethyl adjacent to an activating group) is 2. The molecule has 4 heterocycles. The minimum atomic E-state index is -0.454. The van der Waals surface area contributed by atoms with E-state index in [0.717, 1.165) is 31.4 Å². The molecule has 2 N–H and O–H groups in total.